The van der Waals surface area contributed by atoms with Crippen LogP contribution in [-0.4, -0.2) is 0 Å². The highest BCUT2D eigenvalue weighted by Crippen LogP contribution is 2.25. The van der Waals surface area contributed by atoms with Crippen molar-refractivity contribution in [1.29, 1.82) is 0 Å². The first-order valence-electron chi connectivity index (χ1n) is 15.3. The molecule has 0 spiro atoms. The molecule has 0 aromatic heterocycles. The first kappa shape index (κ1) is 33.0. The highest BCUT2D eigenvalue weighted by Gasteiger charge is 2.12. The fraction of sp³-hybridized carbons (Fsp3) is 0.765. The molecule has 0 radical (unpaired) electrons. The Morgan fingerprint density at radius 2 is 0.765 bits per heavy atom. The van der Waals surface area contributed by atoms with Crippen molar-refractivity contribution in [3.05, 3.63) is 48.6 Å². The van der Waals surface area contributed by atoms with Gasteiger partial charge in [-0.2, -0.15) is 0 Å². The Hall–Kier alpha value is -1.04. The van der Waals surface area contributed by atoms with Crippen molar-refractivity contribution in [2.75, 3.05) is 0 Å². The van der Waals surface area contributed by atoms with E-state index >= 15 is 0 Å². The average Bonchev–Trinajstić information content (AvgIpc) is 2.83. The van der Waals surface area contributed by atoms with Gasteiger partial charge in [-0.05, 0) is 63.2 Å². The van der Waals surface area contributed by atoms with Gasteiger partial charge in [0.2, 0.25) is 0 Å². The van der Waals surface area contributed by atoms with Crippen LogP contribution in [0.15, 0.2) is 48.6 Å². The van der Waals surface area contributed by atoms with Crippen LogP contribution in [-0.2, 0) is 0 Å². The Kier molecular flexibility index (Phi) is 27.3. The van der Waals surface area contributed by atoms with E-state index in [0.717, 1.165) is 37.5 Å². The molecule has 0 amide bonds. The average molecular weight is 471 g/mol. The summed E-state index contributed by atoms with van der Waals surface area (Å²) in [6.07, 6.45) is 45.6. The molecule has 0 heterocycles. The summed E-state index contributed by atoms with van der Waals surface area (Å²) < 4.78 is 0. The zero-order valence-electron chi connectivity index (χ0n) is 23.9. The first-order valence-corrected chi connectivity index (χ1v) is 15.3. The number of rotatable bonds is 25. The van der Waals surface area contributed by atoms with Gasteiger partial charge in [0, 0.05) is 0 Å². The lowest BCUT2D eigenvalue weighted by molar-refractivity contribution is 0.312. The van der Waals surface area contributed by atoms with Crippen molar-refractivity contribution >= 4 is 0 Å². The maximum Gasteiger partial charge on any atom is -0.0169 e. The van der Waals surface area contributed by atoms with Gasteiger partial charge in [-0.3, -0.25) is 0 Å². The molecule has 0 aromatic rings. The summed E-state index contributed by atoms with van der Waals surface area (Å²) in [6, 6.07) is 0. The molecule has 0 atom stereocenters. The second kappa shape index (κ2) is 28.2. The molecular weight excluding hydrogens is 408 g/mol. The standard InChI is InChI=1S/C34H62/c1-5-7-9-11-13-15-17-19-21-23-25-27-29-31-34(33(3)4)32-30-28-26-24-22-20-18-16-14-12-10-8-6-2/h7-10,13-16,33-34H,5-6,11-12,17-32H2,1-4H3/b9-7+,10-8+,15-13+,16-14+. The Morgan fingerprint density at radius 3 is 1.15 bits per heavy atom. The van der Waals surface area contributed by atoms with Gasteiger partial charge in [-0.25, -0.2) is 0 Å². The van der Waals surface area contributed by atoms with Gasteiger partial charge < -0.3 is 0 Å². The van der Waals surface area contributed by atoms with E-state index in [9.17, 15) is 0 Å². The van der Waals surface area contributed by atoms with Gasteiger partial charge in [0.1, 0.15) is 0 Å². The minimum absolute atomic E-state index is 0.859. The molecule has 0 fully saturated rings. The third kappa shape index (κ3) is 25.6. The van der Waals surface area contributed by atoms with Crippen molar-refractivity contribution in [3.8, 4) is 0 Å². The molecule has 0 aliphatic rings. The van der Waals surface area contributed by atoms with Crippen LogP contribution in [0.3, 0.4) is 0 Å². The zero-order valence-corrected chi connectivity index (χ0v) is 23.9. The lowest BCUT2D eigenvalue weighted by atomic mass is 9.85. The van der Waals surface area contributed by atoms with Gasteiger partial charge in [0.05, 0.1) is 0 Å². The van der Waals surface area contributed by atoms with Gasteiger partial charge in [0.25, 0.3) is 0 Å². The summed E-state index contributed by atoms with van der Waals surface area (Å²) >= 11 is 0. The van der Waals surface area contributed by atoms with E-state index in [1.54, 1.807) is 0 Å². The molecule has 0 aliphatic carbocycles. The highest BCUT2D eigenvalue weighted by molar-refractivity contribution is 4.93. The van der Waals surface area contributed by atoms with Crippen LogP contribution in [0.1, 0.15) is 156 Å². The topological polar surface area (TPSA) is 0 Å². The van der Waals surface area contributed by atoms with Crippen molar-refractivity contribution in [1.82, 2.24) is 0 Å². The predicted octanol–water partition coefficient (Wildman–Crippen LogP) is 12.3. The van der Waals surface area contributed by atoms with E-state index in [2.05, 4.69) is 76.3 Å². The maximum absolute atomic E-state index is 2.45. The number of allylic oxidation sites excluding steroid dienone is 8. The van der Waals surface area contributed by atoms with Crippen LogP contribution >= 0.6 is 0 Å². The molecule has 0 heteroatoms. The minimum atomic E-state index is 0.859. The highest BCUT2D eigenvalue weighted by atomic mass is 14.2. The third-order valence-corrected chi connectivity index (χ3v) is 7.02. The lowest BCUT2D eigenvalue weighted by Crippen LogP contribution is -2.08. The van der Waals surface area contributed by atoms with Crippen molar-refractivity contribution in [2.45, 2.75) is 156 Å². The summed E-state index contributed by atoms with van der Waals surface area (Å²) in [6.45, 7) is 9.28. The summed E-state index contributed by atoms with van der Waals surface area (Å²) in [7, 11) is 0. The van der Waals surface area contributed by atoms with Gasteiger partial charge >= 0.3 is 0 Å². The molecule has 0 saturated carbocycles. The largest absolute Gasteiger partial charge is 0.0885 e. The first-order chi connectivity index (χ1) is 16.7. The molecule has 0 unspecified atom stereocenters. The van der Waals surface area contributed by atoms with E-state index in [-0.39, 0.29) is 0 Å². The van der Waals surface area contributed by atoms with Gasteiger partial charge in [-0.15, -0.1) is 0 Å². The molecule has 0 saturated heterocycles. The number of hydrogen-bond acceptors (Lipinski definition) is 0. The Balaban J connectivity index is 3.53. The monoisotopic (exact) mass is 470 g/mol. The Morgan fingerprint density at radius 1 is 0.412 bits per heavy atom. The normalized spacial score (nSPS) is 12.8. The third-order valence-electron chi connectivity index (χ3n) is 7.02. The molecule has 0 rings (SSSR count). The van der Waals surface area contributed by atoms with Crippen LogP contribution in [0.2, 0.25) is 0 Å². The van der Waals surface area contributed by atoms with E-state index in [1.165, 1.54) is 103 Å². The maximum atomic E-state index is 2.45. The van der Waals surface area contributed by atoms with Crippen LogP contribution < -0.4 is 0 Å². The van der Waals surface area contributed by atoms with E-state index in [0.29, 0.717) is 0 Å². The van der Waals surface area contributed by atoms with Crippen LogP contribution in [0.4, 0.5) is 0 Å². The summed E-state index contributed by atoms with van der Waals surface area (Å²) in [5, 5.41) is 0. The number of hydrogen-bond donors (Lipinski definition) is 0. The zero-order chi connectivity index (χ0) is 25.0. The molecule has 0 nitrogen and oxygen atoms in total. The molecule has 0 aliphatic heterocycles. The lowest BCUT2D eigenvalue weighted by Gasteiger charge is -2.20. The summed E-state index contributed by atoms with van der Waals surface area (Å²) in [5.74, 6) is 1.82. The van der Waals surface area contributed by atoms with E-state index in [1.807, 2.05) is 0 Å². The smallest absolute Gasteiger partial charge is 0.0169 e. The summed E-state index contributed by atoms with van der Waals surface area (Å²) in [5.41, 5.74) is 0. The van der Waals surface area contributed by atoms with Crippen molar-refractivity contribution in [2.24, 2.45) is 11.8 Å². The predicted molar refractivity (Wildman–Crippen MR) is 159 cm³/mol. The van der Waals surface area contributed by atoms with Crippen molar-refractivity contribution in [3.63, 3.8) is 0 Å². The Labute approximate surface area is 216 Å². The number of unbranched alkanes of at least 4 members (excludes halogenated alkanes) is 12. The minimum Gasteiger partial charge on any atom is -0.0885 e. The van der Waals surface area contributed by atoms with E-state index < -0.39 is 0 Å². The SMILES string of the molecule is CC/C=C/C/C=C/CCCCCCCCC(CCCCCCCC/C=C/C/C=C/CC)C(C)C. The second-order valence-corrected chi connectivity index (χ2v) is 10.6. The van der Waals surface area contributed by atoms with Crippen molar-refractivity contribution < 1.29 is 0 Å². The van der Waals surface area contributed by atoms with Crippen LogP contribution in [0.5, 0.6) is 0 Å². The molecule has 34 heavy (non-hydrogen) atoms. The quantitative estimate of drug-likeness (QED) is 0.0918. The fourth-order valence-electron chi connectivity index (χ4n) is 4.67. The molecule has 0 aromatic carbocycles. The fourth-order valence-corrected chi connectivity index (χ4v) is 4.67. The van der Waals surface area contributed by atoms with Gasteiger partial charge in [0.15, 0.2) is 0 Å². The van der Waals surface area contributed by atoms with Crippen LogP contribution in [0, 0.1) is 11.8 Å². The molecule has 0 N–H and O–H groups in total. The summed E-state index contributed by atoms with van der Waals surface area (Å²) in [4.78, 5) is 0. The molecule has 0 bridgehead atoms. The van der Waals surface area contributed by atoms with Crippen LogP contribution in [0.25, 0.3) is 0 Å². The Bertz CT molecular complexity index is 448. The molecular formula is C34H62. The van der Waals surface area contributed by atoms with Gasteiger partial charge in [-0.1, -0.05) is 153 Å². The molecule has 198 valence electrons. The second-order valence-electron chi connectivity index (χ2n) is 10.6. The van der Waals surface area contributed by atoms with E-state index in [4.69, 9.17) is 0 Å².